The molecule has 0 atom stereocenters. The van der Waals surface area contributed by atoms with Crippen LogP contribution in [0.3, 0.4) is 0 Å². The Bertz CT molecular complexity index is 726. The number of nitrogens with one attached hydrogen (secondary N) is 1. The first kappa shape index (κ1) is 19.5. The lowest BCUT2D eigenvalue weighted by Gasteiger charge is -2.33. The van der Waals surface area contributed by atoms with Crippen molar-refractivity contribution in [1.29, 1.82) is 0 Å². The van der Waals surface area contributed by atoms with E-state index < -0.39 is 0 Å². The molecule has 27 heavy (non-hydrogen) atoms. The monoisotopic (exact) mass is 382 g/mol. The lowest BCUT2D eigenvalue weighted by atomic mass is 9.95. The van der Waals surface area contributed by atoms with Crippen LogP contribution < -0.4 is 10.2 Å². The number of carbonyl (C=O) groups is 2. The maximum Gasteiger partial charge on any atom is 0.223 e. The number of anilines is 1. The van der Waals surface area contributed by atoms with Crippen molar-refractivity contribution >= 4 is 29.6 Å². The highest BCUT2D eigenvalue weighted by Crippen LogP contribution is 2.23. The largest absolute Gasteiger partial charge is 0.371 e. The van der Waals surface area contributed by atoms with Gasteiger partial charge in [-0.2, -0.15) is 11.8 Å². The van der Waals surface area contributed by atoms with Crippen LogP contribution in [-0.2, 0) is 10.5 Å². The summed E-state index contributed by atoms with van der Waals surface area (Å²) in [5, 5.41) is 3.09. The number of thioether (sulfide) groups is 1. The van der Waals surface area contributed by atoms with Gasteiger partial charge in [-0.15, -0.1) is 0 Å². The molecule has 4 nitrogen and oxygen atoms in total. The Kier molecular flexibility index (Phi) is 7.34. The molecule has 1 saturated heterocycles. The van der Waals surface area contributed by atoms with Gasteiger partial charge in [0.05, 0.1) is 0 Å². The second-order valence-corrected chi connectivity index (χ2v) is 7.91. The molecule has 1 amide bonds. The molecule has 0 aromatic heterocycles. The van der Waals surface area contributed by atoms with E-state index in [0.717, 1.165) is 56.0 Å². The van der Waals surface area contributed by atoms with Gasteiger partial charge in [-0.25, -0.2) is 0 Å². The zero-order chi connectivity index (χ0) is 18.9. The third kappa shape index (κ3) is 5.86. The number of carbonyl (C=O) groups excluding carboxylic acids is 2. The number of amides is 1. The number of nitrogens with zero attached hydrogens (tertiary/aromatic N) is 1. The molecule has 0 radical (unpaired) electrons. The van der Waals surface area contributed by atoms with Crippen molar-refractivity contribution in [1.82, 2.24) is 5.32 Å². The first-order valence-corrected chi connectivity index (χ1v) is 10.6. The maximum absolute atomic E-state index is 12.4. The van der Waals surface area contributed by atoms with Crippen LogP contribution >= 0.6 is 11.8 Å². The minimum atomic E-state index is 0.106. The highest BCUT2D eigenvalue weighted by molar-refractivity contribution is 7.98. The predicted molar refractivity (Wildman–Crippen MR) is 112 cm³/mol. The van der Waals surface area contributed by atoms with Crippen LogP contribution in [0.5, 0.6) is 0 Å². The summed E-state index contributed by atoms with van der Waals surface area (Å²) in [5.74, 6) is 2.21. The van der Waals surface area contributed by atoms with Crippen LogP contribution in [0.25, 0.3) is 0 Å². The van der Waals surface area contributed by atoms with E-state index in [-0.39, 0.29) is 11.8 Å². The average Bonchev–Trinajstić information content (AvgIpc) is 2.74. The van der Waals surface area contributed by atoms with Crippen molar-refractivity contribution < 1.29 is 9.59 Å². The van der Waals surface area contributed by atoms with Gasteiger partial charge in [0.15, 0.2) is 0 Å². The van der Waals surface area contributed by atoms with E-state index in [1.807, 2.05) is 42.1 Å². The summed E-state index contributed by atoms with van der Waals surface area (Å²) in [7, 11) is 0. The zero-order valence-corrected chi connectivity index (χ0v) is 16.3. The second-order valence-electron chi connectivity index (χ2n) is 6.80. The summed E-state index contributed by atoms with van der Waals surface area (Å²) in [6, 6.07) is 18.0. The van der Waals surface area contributed by atoms with Gasteiger partial charge in [0.25, 0.3) is 0 Å². The molecule has 0 saturated carbocycles. The van der Waals surface area contributed by atoms with E-state index in [4.69, 9.17) is 0 Å². The summed E-state index contributed by atoms with van der Waals surface area (Å²) < 4.78 is 0. The molecular formula is C22H26N2O2S. The van der Waals surface area contributed by atoms with E-state index in [0.29, 0.717) is 5.56 Å². The molecule has 1 heterocycles. The van der Waals surface area contributed by atoms with Gasteiger partial charge in [0.2, 0.25) is 5.91 Å². The molecule has 5 heteroatoms. The molecule has 142 valence electrons. The van der Waals surface area contributed by atoms with Gasteiger partial charge in [-0.3, -0.25) is 9.59 Å². The molecule has 1 fully saturated rings. The smallest absolute Gasteiger partial charge is 0.223 e. The quantitative estimate of drug-likeness (QED) is 0.558. The van der Waals surface area contributed by atoms with Crippen LogP contribution in [0.15, 0.2) is 54.6 Å². The number of aldehydes is 1. The Hall–Kier alpha value is -2.27. The molecular weight excluding hydrogens is 356 g/mol. The molecule has 0 aliphatic carbocycles. The molecule has 0 spiro atoms. The van der Waals surface area contributed by atoms with E-state index in [1.54, 1.807) is 0 Å². The summed E-state index contributed by atoms with van der Waals surface area (Å²) >= 11 is 1.85. The Morgan fingerprint density at radius 1 is 1.07 bits per heavy atom. The minimum Gasteiger partial charge on any atom is -0.371 e. The van der Waals surface area contributed by atoms with E-state index in [9.17, 15) is 9.59 Å². The highest BCUT2D eigenvalue weighted by atomic mass is 32.2. The zero-order valence-electron chi connectivity index (χ0n) is 15.5. The Labute approximate surface area is 165 Å². The van der Waals surface area contributed by atoms with Crippen molar-refractivity contribution in [3.05, 3.63) is 65.7 Å². The van der Waals surface area contributed by atoms with Crippen LogP contribution in [0.4, 0.5) is 5.69 Å². The fraction of sp³-hybridized carbons (Fsp3) is 0.364. The lowest BCUT2D eigenvalue weighted by molar-refractivity contribution is -0.125. The van der Waals surface area contributed by atoms with Crippen LogP contribution in [-0.4, -0.2) is 37.6 Å². The third-order valence-corrected chi connectivity index (χ3v) is 5.95. The van der Waals surface area contributed by atoms with Crippen molar-refractivity contribution in [2.24, 2.45) is 5.92 Å². The van der Waals surface area contributed by atoms with Gasteiger partial charge >= 0.3 is 0 Å². The van der Waals surface area contributed by atoms with Gasteiger partial charge in [0, 0.05) is 48.3 Å². The minimum absolute atomic E-state index is 0.106. The van der Waals surface area contributed by atoms with E-state index in [1.165, 1.54) is 5.56 Å². The normalized spacial score (nSPS) is 14.7. The average molecular weight is 383 g/mol. The van der Waals surface area contributed by atoms with E-state index >= 15 is 0 Å². The number of hydrogen-bond donors (Lipinski definition) is 1. The lowest BCUT2D eigenvalue weighted by Crippen LogP contribution is -2.41. The number of rotatable bonds is 8. The SMILES string of the molecule is O=Cc1ccc(N2CCC(C(=O)NCCSCc3ccccc3)CC2)cc1. The van der Waals surface area contributed by atoms with Crippen molar-refractivity contribution in [3.63, 3.8) is 0 Å². The molecule has 1 aliphatic rings. The topological polar surface area (TPSA) is 49.4 Å². The molecule has 3 rings (SSSR count). The van der Waals surface area contributed by atoms with E-state index in [2.05, 4.69) is 34.5 Å². The number of piperidine rings is 1. The summed E-state index contributed by atoms with van der Waals surface area (Å²) in [4.78, 5) is 25.4. The van der Waals surface area contributed by atoms with Crippen LogP contribution in [0.1, 0.15) is 28.8 Å². The van der Waals surface area contributed by atoms with Crippen LogP contribution in [0.2, 0.25) is 0 Å². The predicted octanol–water partition coefficient (Wildman–Crippen LogP) is 3.77. The summed E-state index contributed by atoms with van der Waals surface area (Å²) in [6.45, 7) is 2.48. The first-order chi connectivity index (χ1) is 13.3. The van der Waals surface area contributed by atoms with Crippen molar-refractivity contribution in [3.8, 4) is 0 Å². The van der Waals surface area contributed by atoms with Crippen LogP contribution in [0, 0.1) is 5.92 Å². The fourth-order valence-electron chi connectivity index (χ4n) is 3.32. The highest BCUT2D eigenvalue weighted by Gasteiger charge is 2.24. The Morgan fingerprint density at radius 3 is 2.44 bits per heavy atom. The molecule has 2 aromatic carbocycles. The third-order valence-electron chi connectivity index (χ3n) is 4.92. The Morgan fingerprint density at radius 2 is 1.78 bits per heavy atom. The van der Waals surface area contributed by atoms with Gasteiger partial charge in [-0.1, -0.05) is 30.3 Å². The molecule has 2 aromatic rings. The van der Waals surface area contributed by atoms with Crippen molar-refractivity contribution in [2.45, 2.75) is 18.6 Å². The molecule has 1 aliphatic heterocycles. The molecule has 1 N–H and O–H groups in total. The standard InChI is InChI=1S/C22H26N2O2S/c25-16-18-6-8-21(9-7-18)24-13-10-20(11-14-24)22(26)23-12-15-27-17-19-4-2-1-3-5-19/h1-9,16,20H,10-15,17H2,(H,23,26). The van der Waals surface area contributed by atoms with Gasteiger partial charge < -0.3 is 10.2 Å². The summed E-state index contributed by atoms with van der Waals surface area (Å²) in [6.07, 6.45) is 2.61. The first-order valence-electron chi connectivity index (χ1n) is 9.46. The van der Waals surface area contributed by atoms with Gasteiger partial charge in [0.1, 0.15) is 6.29 Å². The van der Waals surface area contributed by atoms with Gasteiger partial charge in [-0.05, 0) is 42.7 Å². The van der Waals surface area contributed by atoms with Crippen molar-refractivity contribution in [2.75, 3.05) is 30.3 Å². The fourth-order valence-corrected chi connectivity index (χ4v) is 4.14. The summed E-state index contributed by atoms with van der Waals surface area (Å²) in [5.41, 5.74) is 3.14. The number of benzene rings is 2. The number of hydrogen-bond acceptors (Lipinski definition) is 4. The molecule has 0 bridgehead atoms. The Balaban J connectivity index is 1.34. The maximum atomic E-state index is 12.4. The second kappa shape index (κ2) is 10.2. The molecule has 0 unspecified atom stereocenters.